The molecule has 0 unspecified atom stereocenters. The number of aliphatic hydroxyl groups excluding tert-OH is 1. The fourth-order valence-corrected chi connectivity index (χ4v) is 2.44. The lowest BCUT2D eigenvalue weighted by Gasteiger charge is -2.19. The van der Waals surface area contributed by atoms with Crippen molar-refractivity contribution in [3.63, 3.8) is 0 Å². The third-order valence-corrected chi connectivity index (χ3v) is 3.90. The third kappa shape index (κ3) is 6.21. The van der Waals surface area contributed by atoms with Gasteiger partial charge in [-0.3, -0.25) is 9.59 Å². The number of carbonyl (C=O) groups excluding carboxylic acids is 2. The van der Waals surface area contributed by atoms with Gasteiger partial charge in [-0.1, -0.05) is 41.9 Å². The van der Waals surface area contributed by atoms with E-state index in [-0.39, 0.29) is 18.4 Å². The van der Waals surface area contributed by atoms with Gasteiger partial charge in [0.1, 0.15) is 6.04 Å². The monoisotopic (exact) mass is 360 g/mol. The number of carbonyl (C=O) groups is 2. The number of benzene rings is 2. The molecule has 0 saturated heterocycles. The number of halogens is 1. The largest absolute Gasteiger partial charge is 0.396 e. The summed E-state index contributed by atoms with van der Waals surface area (Å²) in [6, 6.07) is 15.3. The molecule has 2 amide bonds. The molecule has 0 saturated carbocycles. The lowest BCUT2D eigenvalue weighted by molar-refractivity contribution is -0.122. The van der Waals surface area contributed by atoms with E-state index in [0.29, 0.717) is 30.0 Å². The van der Waals surface area contributed by atoms with Gasteiger partial charge in [0.2, 0.25) is 5.91 Å². The fourth-order valence-electron chi connectivity index (χ4n) is 2.32. The van der Waals surface area contributed by atoms with Crippen LogP contribution in [-0.2, 0) is 11.2 Å². The Balaban J connectivity index is 2.08. The number of hydrogen-bond donors (Lipinski definition) is 3. The highest BCUT2D eigenvalue weighted by Crippen LogP contribution is 2.10. The molecule has 0 bridgehead atoms. The third-order valence-electron chi connectivity index (χ3n) is 3.64. The summed E-state index contributed by atoms with van der Waals surface area (Å²) in [5, 5.41) is 14.9. The summed E-state index contributed by atoms with van der Waals surface area (Å²) in [4.78, 5) is 24.8. The highest BCUT2D eigenvalue weighted by atomic mass is 35.5. The number of rotatable bonds is 8. The SMILES string of the molecule is O=C(N[C@H](Cc1ccccc1)C(=O)NCCCO)c1ccc(Cl)cc1. The summed E-state index contributed by atoms with van der Waals surface area (Å²) in [5.74, 6) is -0.616. The van der Waals surface area contributed by atoms with E-state index >= 15 is 0 Å². The summed E-state index contributed by atoms with van der Waals surface area (Å²) in [7, 11) is 0. The van der Waals surface area contributed by atoms with Crippen molar-refractivity contribution in [1.82, 2.24) is 10.6 Å². The van der Waals surface area contributed by atoms with E-state index in [2.05, 4.69) is 10.6 Å². The number of nitrogens with one attached hydrogen (secondary N) is 2. The molecule has 0 aliphatic heterocycles. The predicted octanol–water partition coefficient (Wildman–Crippen LogP) is 2.18. The first-order chi connectivity index (χ1) is 12.1. The maximum Gasteiger partial charge on any atom is 0.251 e. The molecule has 2 aromatic carbocycles. The quantitative estimate of drug-likeness (QED) is 0.631. The van der Waals surface area contributed by atoms with Gasteiger partial charge >= 0.3 is 0 Å². The Labute approximate surface area is 152 Å². The summed E-state index contributed by atoms with van der Waals surface area (Å²) >= 11 is 5.83. The molecule has 6 heteroatoms. The van der Waals surface area contributed by atoms with Gasteiger partial charge in [-0.15, -0.1) is 0 Å². The van der Waals surface area contributed by atoms with Crippen molar-refractivity contribution >= 4 is 23.4 Å². The van der Waals surface area contributed by atoms with E-state index in [0.717, 1.165) is 5.56 Å². The van der Waals surface area contributed by atoms with Crippen LogP contribution < -0.4 is 10.6 Å². The maximum absolute atomic E-state index is 12.4. The van der Waals surface area contributed by atoms with Crippen LogP contribution in [0.4, 0.5) is 0 Å². The van der Waals surface area contributed by atoms with E-state index in [1.807, 2.05) is 30.3 Å². The number of amides is 2. The van der Waals surface area contributed by atoms with Crippen molar-refractivity contribution in [2.24, 2.45) is 0 Å². The molecule has 3 N–H and O–H groups in total. The second-order valence-electron chi connectivity index (χ2n) is 5.59. The highest BCUT2D eigenvalue weighted by molar-refractivity contribution is 6.30. The number of hydrogen-bond acceptors (Lipinski definition) is 3. The second-order valence-corrected chi connectivity index (χ2v) is 6.03. The Kier molecular flexibility index (Phi) is 7.44. The van der Waals surface area contributed by atoms with E-state index in [9.17, 15) is 9.59 Å². The molecule has 25 heavy (non-hydrogen) atoms. The zero-order valence-electron chi connectivity index (χ0n) is 13.7. The number of aliphatic hydroxyl groups is 1. The van der Waals surface area contributed by atoms with E-state index in [1.165, 1.54) is 0 Å². The lowest BCUT2D eigenvalue weighted by atomic mass is 10.0. The average molecular weight is 361 g/mol. The van der Waals surface area contributed by atoms with E-state index in [4.69, 9.17) is 16.7 Å². The van der Waals surface area contributed by atoms with E-state index < -0.39 is 6.04 Å². The minimum atomic E-state index is -0.704. The van der Waals surface area contributed by atoms with Crippen molar-refractivity contribution in [2.45, 2.75) is 18.9 Å². The zero-order chi connectivity index (χ0) is 18.1. The molecule has 0 radical (unpaired) electrons. The van der Waals surface area contributed by atoms with Gasteiger partial charge in [0.05, 0.1) is 0 Å². The van der Waals surface area contributed by atoms with Gasteiger partial charge in [-0.2, -0.15) is 0 Å². The van der Waals surface area contributed by atoms with Gasteiger partial charge in [-0.25, -0.2) is 0 Å². The summed E-state index contributed by atoms with van der Waals surface area (Å²) in [5.41, 5.74) is 1.38. The van der Waals surface area contributed by atoms with Gasteiger partial charge < -0.3 is 15.7 Å². The van der Waals surface area contributed by atoms with Gasteiger partial charge in [0, 0.05) is 30.2 Å². The molecule has 1 atom stereocenters. The van der Waals surface area contributed by atoms with Crippen molar-refractivity contribution in [3.05, 3.63) is 70.7 Å². The Morgan fingerprint density at radius 3 is 2.36 bits per heavy atom. The normalized spacial score (nSPS) is 11.6. The summed E-state index contributed by atoms with van der Waals surface area (Å²) < 4.78 is 0. The van der Waals surface area contributed by atoms with Crippen molar-refractivity contribution in [1.29, 1.82) is 0 Å². The average Bonchev–Trinajstić information content (AvgIpc) is 2.62. The molecule has 0 aliphatic rings. The molecule has 2 rings (SSSR count). The molecule has 2 aromatic rings. The molecule has 0 heterocycles. The summed E-state index contributed by atoms with van der Waals surface area (Å²) in [6.45, 7) is 0.359. The molecule has 0 aliphatic carbocycles. The van der Waals surface area contributed by atoms with Crippen molar-refractivity contribution < 1.29 is 14.7 Å². The first kappa shape index (κ1) is 19.0. The van der Waals surface area contributed by atoms with Crippen molar-refractivity contribution in [2.75, 3.05) is 13.2 Å². The van der Waals surface area contributed by atoms with Crippen LogP contribution in [-0.4, -0.2) is 36.1 Å². The van der Waals surface area contributed by atoms with Gasteiger partial charge in [-0.05, 0) is 36.2 Å². The van der Waals surface area contributed by atoms with Crippen LogP contribution in [0.5, 0.6) is 0 Å². The molecule has 0 spiro atoms. The Morgan fingerprint density at radius 1 is 1.04 bits per heavy atom. The standard InChI is InChI=1S/C19H21ClN2O3/c20-16-9-7-15(8-10-16)18(24)22-17(19(25)21-11-4-12-23)13-14-5-2-1-3-6-14/h1-3,5-10,17,23H,4,11-13H2,(H,21,25)(H,22,24)/t17-/m1/s1. The first-order valence-corrected chi connectivity index (χ1v) is 8.47. The fraction of sp³-hybridized carbons (Fsp3) is 0.263. The van der Waals surface area contributed by atoms with Crippen LogP contribution >= 0.6 is 11.6 Å². The Morgan fingerprint density at radius 2 is 1.72 bits per heavy atom. The second kappa shape index (κ2) is 9.81. The van der Waals surface area contributed by atoms with Gasteiger partial charge in [0.25, 0.3) is 5.91 Å². The molecular formula is C19H21ClN2O3. The Hall–Kier alpha value is -2.37. The van der Waals surface area contributed by atoms with Crippen LogP contribution in [0.15, 0.2) is 54.6 Å². The first-order valence-electron chi connectivity index (χ1n) is 8.09. The molecule has 0 fully saturated rings. The zero-order valence-corrected chi connectivity index (χ0v) is 14.5. The molecular weight excluding hydrogens is 340 g/mol. The Bertz CT molecular complexity index is 690. The molecule has 132 valence electrons. The molecule has 5 nitrogen and oxygen atoms in total. The van der Waals surface area contributed by atoms with Crippen LogP contribution in [0.25, 0.3) is 0 Å². The van der Waals surface area contributed by atoms with Crippen LogP contribution in [0.1, 0.15) is 22.3 Å². The topological polar surface area (TPSA) is 78.4 Å². The van der Waals surface area contributed by atoms with Crippen LogP contribution in [0.2, 0.25) is 5.02 Å². The summed E-state index contributed by atoms with van der Waals surface area (Å²) in [6.07, 6.45) is 0.847. The van der Waals surface area contributed by atoms with Gasteiger partial charge in [0.15, 0.2) is 0 Å². The van der Waals surface area contributed by atoms with Crippen LogP contribution in [0.3, 0.4) is 0 Å². The van der Waals surface area contributed by atoms with E-state index in [1.54, 1.807) is 24.3 Å². The highest BCUT2D eigenvalue weighted by Gasteiger charge is 2.21. The predicted molar refractivity (Wildman–Crippen MR) is 97.6 cm³/mol. The maximum atomic E-state index is 12.4. The minimum absolute atomic E-state index is 0.000760. The molecule has 0 aromatic heterocycles. The smallest absolute Gasteiger partial charge is 0.251 e. The van der Waals surface area contributed by atoms with Crippen LogP contribution in [0, 0.1) is 0 Å². The van der Waals surface area contributed by atoms with Crippen molar-refractivity contribution in [3.8, 4) is 0 Å². The minimum Gasteiger partial charge on any atom is -0.396 e. The lowest BCUT2D eigenvalue weighted by Crippen LogP contribution is -2.48.